The number of carbonyl (C=O) groups is 2. The first-order valence-electron chi connectivity index (χ1n) is 6.94. The van der Waals surface area contributed by atoms with E-state index in [-0.39, 0.29) is 18.9 Å². The normalized spacial score (nSPS) is 10.5. The van der Waals surface area contributed by atoms with Crippen molar-refractivity contribution in [3.8, 4) is 6.07 Å². The number of ether oxygens (including phenoxy) is 1. The average Bonchev–Trinajstić information content (AvgIpc) is 2.34. The van der Waals surface area contributed by atoms with Gasteiger partial charge in [0.05, 0.1) is 6.07 Å². The van der Waals surface area contributed by atoms with Gasteiger partial charge in [-0.05, 0) is 51.0 Å². The highest BCUT2D eigenvalue weighted by atomic mass is 16.6. The van der Waals surface area contributed by atoms with E-state index in [2.05, 4.69) is 10.6 Å². The summed E-state index contributed by atoms with van der Waals surface area (Å²) < 4.78 is 5.16. The van der Waals surface area contributed by atoms with Gasteiger partial charge in [-0.3, -0.25) is 4.79 Å². The molecule has 118 valence electrons. The zero-order valence-electron chi connectivity index (χ0n) is 13.3. The molecule has 0 spiro atoms. The second kappa shape index (κ2) is 7.46. The zero-order valence-corrected chi connectivity index (χ0v) is 13.3. The SMILES string of the molecule is Cc1cc(CNC(=O)OC(C)(C)C)cc(NC(=O)CC#N)c1. The summed E-state index contributed by atoms with van der Waals surface area (Å²) in [5, 5.41) is 13.8. The van der Waals surface area contributed by atoms with Crippen molar-refractivity contribution in [1.82, 2.24) is 5.32 Å². The zero-order chi connectivity index (χ0) is 16.8. The average molecular weight is 303 g/mol. The molecule has 0 aliphatic heterocycles. The van der Waals surface area contributed by atoms with Gasteiger partial charge in [0.25, 0.3) is 0 Å². The van der Waals surface area contributed by atoms with Gasteiger partial charge in [-0.25, -0.2) is 4.79 Å². The van der Waals surface area contributed by atoms with Gasteiger partial charge >= 0.3 is 6.09 Å². The summed E-state index contributed by atoms with van der Waals surface area (Å²) in [6, 6.07) is 7.24. The second-order valence-electron chi connectivity index (χ2n) is 5.95. The molecule has 0 saturated carbocycles. The van der Waals surface area contributed by atoms with Crippen LogP contribution in [0, 0.1) is 18.3 Å². The topological polar surface area (TPSA) is 91.2 Å². The summed E-state index contributed by atoms with van der Waals surface area (Å²) in [6.07, 6.45) is -0.691. The Morgan fingerprint density at radius 2 is 1.95 bits per heavy atom. The molecule has 22 heavy (non-hydrogen) atoms. The van der Waals surface area contributed by atoms with Gasteiger partial charge in [0.1, 0.15) is 12.0 Å². The molecule has 2 N–H and O–H groups in total. The number of alkyl carbamates (subject to hydrolysis) is 1. The van der Waals surface area contributed by atoms with Crippen LogP contribution in [0.5, 0.6) is 0 Å². The third-order valence-corrected chi connectivity index (χ3v) is 2.50. The van der Waals surface area contributed by atoms with Crippen LogP contribution in [0.3, 0.4) is 0 Å². The second-order valence-corrected chi connectivity index (χ2v) is 5.95. The lowest BCUT2D eigenvalue weighted by Gasteiger charge is -2.19. The monoisotopic (exact) mass is 303 g/mol. The molecule has 1 aromatic carbocycles. The molecule has 0 bridgehead atoms. The van der Waals surface area contributed by atoms with Crippen LogP contribution in [0.1, 0.15) is 38.3 Å². The summed E-state index contributed by atoms with van der Waals surface area (Å²) in [6.45, 7) is 7.56. The van der Waals surface area contributed by atoms with E-state index in [0.717, 1.165) is 11.1 Å². The number of amides is 2. The fraction of sp³-hybridized carbons (Fsp3) is 0.438. The predicted octanol–water partition coefficient (Wildman–Crippen LogP) is 2.87. The predicted molar refractivity (Wildman–Crippen MR) is 83.1 cm³/mol. The van der Waals surface area contributed by atoms with E-state index in [1.165, 1.54) is 0 Å². The van der Waals surface area contributed by atoms with Crippen LogP contribution >= 0.6 is 0 Å². The van der Waals surface area contributed by atoms with Crippen molar-refractivity contribution < 1.29 is 14.3 Å². The maximum Gasteiger partial charge on any atom is 0.407 e. The van der Waals surface area contributed by atoms with Crippen LogP contribution in [-0.4, -0.2) is 17.6 Å². The molecule has 0 fully saturated rings. The van der Waals surface area contributed by atoms with Gasteiger partial charge in [-0.1, -0.05) is 6.07 Å². The van der Waals surface area contributed by atoms with Crippen molar-refractivity contribution in [2.75, 3.05) is 5.32 Å². The lowest BCUT2D eigenvalue weighted by atomic mass is 10.1. The van der Waals surface area contributed by atoms with Crippen LogP contribution in [0.4, 0.5) is 10.5 Å². The van der Waals surface area contributed by atoms with Gasteiger partial charge < -0.3 is 15.4 Å². The Morgan fingerprint density at radius 3 is 2.55 bits per heavy atom. The smallest absolute Gasteiger partial charge is 0.407 e. The third-order valence-electron chi connectivity index (χ3n) is 2.50. The van der Waals surface area contributed by atoms with Crippen molar-refractivity contribution >= 4 is 17.7 Å². The van der Waals surface area contributed by atoms with Crippen LogP contribution in [0.15, 0.2) is 18.2 Å². The first-order valence-corrected chi connectivity index (χ1v) is 6.94. The minimum atomic E-state index is -0.548. The van der Waals surface area contributed by atoms with E-state index in [4.69, 9.17) is 10.00 Å². The fourth-order valence-corrected chi connectivity index (χ4v) is 1.80. The van der Waals surface area contributed by atoms with Gasteiger partial charge in [0.15, 0.2) is 0 Å². The molecule has 6 heteroatoms. The van der Waals surface area contributed by atoms with Crippen molar-refractivity contribution in [2.24, 2.45) is 0 Å². The molecule has 0 aromatic heterocycles. The molecular formula is C16H21N3O3. The molecule has 0 aliphatic carbocycles. The van der Waals surface area contributed by atoms with Gasteiger partial charge in [-0.2, -0.15) is 5.26 Å². The Bertz CT molecular complexity index is 598. The highest BCUT2D eigenvalue weighted by molar-refractivity contribution is 5.92. The lowest BCUT2D eigenvalue weighted by molar-refractivity contribution is -0.115. The lowest BCUT2D eigenvalue weighted by Crippen LogP contribution is -2.32. The molecule has 0 radical (unpaired) electrons. The molecule has 0 unspecified atom stereocenters. The first kappa shape index (κ1) is 17.5. The summed E-state index contributed by atoms with van der Waals surface area (Å²) in [5.74, 6) is -0.362. The van der Waals surface area contributed by atoms with Crippen molar-refractivity contribution in [3.05, 3.63) is 29.3 Å². The van der Waals surface area contributed by atoms with Gasteiger partial charge in [-0.15, -0.1) is 0 Å². The number of nitriles is 1. The Kier molecular flexibility index (Phi) is 5.93. The van der Waals surface area contributed by atoms with Crippen LogP contribution in [-0.2, 0) is 16.1 Å². The summed E-state index contributed by atoms with van der Waals surface area (Å²) in [4.78, 5) is 23.1. The van der Waals surface area contributed by atoms with Crippen LogP contribution < -0.4 is 10.6 Å². The van der Waals surface area contributed by atoms with E-state index >= 15 is 0 Å². The van der Waals surface area contributed by atoms with Crippen molar-refractivity contribution in [3.63, 3.8) is 0 Å². The molecule has 1 rings (SSSR count). The van der Waals surface area contributed by atoms with E-state index in [9.17, 15) is 9.59 Å². The number of nitrogens with one attached hydrogen (secondary N) is 2. The Morgan fingerprint density at radius 1 is 1.27 bits per heavy atom. The maximum atomic E-state index is 11.6. The van der Waals surface area contributed by atoms with E-state index in [1.807, 2.05) is 13.0 Å². The minimum absolute atomic E-state index is 0.195. The van der Waals surface area contributed by atoms with E-state index in [1.54, 1.807) is 39.0 Å². The number of hydrogen-bond donors (Lipinski definition) is 2. The number of carbonyl (C=O) groups excluding carboxylic acids is 2. The van der Waals surface area contributed by atoms with Crippen LogP contribution in [0.2, 0.25) is 0 Å². The fourth-order valence-electron chi connectivity index (χ4n) is 1.80. The molecule has 1 aromatic rings. The number of anilines is 1. The Labute approximate surface area is 130 Å². The summed E-state index contributed by atoms with van der Waals surface area (Å²) in [5.41, 5.74) is 1.82. The Hall–Kier alpha value is -2.55. The molecule has 2 amide bonds. The molecule has 0 aliphatic rings. The van der Waals surface area contributed by atoms with Crippen molar-refractivity contribution in [2.45, 2.75) is 46.3 Å². The molecule has 0 saturated heterocycles. The number of aryl methyl sites for hydroxylation is 1. The minimum Gasteiger partial charge on any atom is -0.444 e. The summed E-state index contributed by atoms with van der Waals surface area (Å²) in [7, 11) is 0. The molecule has 0 heterocycles. The number of benzene rings is 1. The highest BCUT2D eigenvalue weighted by Gasteiger charge is 2.15. The largest absolute Gasteiger partial charge is 0.444 e. The van der Waals surface area contributed by atoms with Crippen LogP contribution in [0.25, 0.3) is 0 Å². The third kappa shape index (κ3) is 6.75. The maximum absolute atomic E-state index is 11.6. The molecule has 6 nitrogen and oxygen atoms in total. The van der Waals surface area contributed by atoms with Gasteiger partial charge in [0, 0.05) is 12.2 Å². The molecule has 0 atom stereocenters. The number of rotatable bonds is 4. The Balaban J connectivity index is 2.68. The standard InChI is InChI=1S/C16H21N3O3/c1-11-7-12(10-18-15(21)22-16(2,3)4)9-13(8-11)19-14(20)5-6-17/h7-9H,5,10H2,1-4H3,(H,18,21)(H,19,20). The van der Waals surface area contributed by atoms with E-state index < -0.39 is 11.7 Å². The summed E-state index contributed by atoms with van der Waals surface area (Å²) >= 11 is 0. The molecular weight excluding hydrogens is 282 g/mol. The first-order chi connectivity index (χ1) is 10.2. The quantitative estimate of drug-likeness (QED) is 0.894. The van der Waals surface area contributed by atoms with Gasteiger partial charge in [0.2, 0.25) is 5.91 Å². The number of nitrogens with zero attached hydrogens (tertiary/aromatic N) is 1. The number of hydrogen-bond acceptors (Lipinski definition) is 4. The highest BCUT2D eigenvalue weighted by Crippen LogP contribution is 2.15. The van der Waals surface area contributed by atoms with Crippen molar-refractivity contribution in [1.29, 1.82) is 5.26 Å². The van der Waals surface area contributed by atoms with E-state index in [0.29, 0.717) is 5.69 Å².